The van der Waals surface area contributed by atoms with Crippen molar-refractivity contribution in [3.8, 4) is 65.0 Å². The zero-order chi connectivity index (χ0) is 53.4. The second kappa shape index (κ2) is 28.1. The van der Waals surface area contributed by atoms with E-state index < -0.39 is 0 Å². The SMILES string of the molecule is CCCCCCCCCCCCC1(CCCCCCCCCCCC)c2cc(C)ccc2-c2ccc(-c3ccc(-c4ccc(-c5ccc(C)s5)c5nc(-c6ccc(CCC)cc6)c(-c6ccc(CCC)cc6)nc45)s3)cc21. The van der Waals surface area contributed by atoms with E-state index in [1.165, 1.54) is 194 Å². The predicted molar refractivity (Wildman–Crippen MR) is 339 cm³/mol. The van der Waals surface area contributed by atoms with Crippen LogP contribution in [0.5, 0.6) is 0 Å². The Hall–Kier alpha value is -5.16. The van der Waals surface area contributed by atoms with Crippen molar-refractivity contribution in [2.75, 3.05) is 0 Å². The molecule has 0 fully saturated rings. The van der Waals surface area contributed by atoms with Crippen LogP contribution >= 0.6 is 22.7 Å². The van der Waals surface area contributed by atoms with Gasteiger partial charge in [-0.3, -0.25) is 0 Å². The Morgan fingerprint density at radius 1 is 0.351 bits per heavy atom. The van der Waals surface area contributed by atoms with Crippen molar-refractivity contribution in [1.82, 2.24) is 9.97 Å². The maximum Gasteiger partial charge on any atom is 0.0988 e. The summed E-state index contributed by atoms with van der Waals surface area (Å²) in [5.74, 6) is 0. The monoisotopic (exact) mass is 1060 g/mol. The fourth-order valence-corrected chi connectivity index (χ4v) is 14.6. The summed E-state index contributed by atoms with van der Waals surface area (Å²) in [6, 6.07) is 47.0. The molecule has 0 radical (unpaired) electrons. The second-order valence-corrected chi connectivity index (χ2v) is 25.4. The van der Waals surface area contributed by atoms with Crippen LogP contribution in [0.25, 0.3) is 76.0 Å². The van der Waals surface area contributed by atoms with E-state index in [2.05, 4.69) is 163 Å². The van der Waals surface area contributed by atoms with E-state index in [1.807, 2.05) is 22.7 Å². The van der Waals surface area contributed by atoms with Gasteiger partial charge in [0.2, 0.25) is 0 Å². The first-order chi connectivity index (χ1) is 37.8. The first kappa shape index (κ1) is 56.6. The van der Waals surface area contributed by atoms with Crippen LogP contribution in [0.1, 0.15) is 214 Å². The molecule has 5 aromatic carbocycles. The molecule has 0 amide bonds. The molecule has 0 N–H and O–H groups in total. The minimum absolute atomic E-state index is 0.0357. The molecule has 404 valence electrons. The van der Waals surface area contributed by atoms with Crippen LogP contribution in [0, 0.1) is 13.8 Å². The lowest BCUT2D eigenvalue weighted by Crippen LogP contribution is -2.25. The van der Waals surface area contributed by atoms with Gasteiger partial charge in [-0.15, -0.1) is 22.7 Å². The lowest BCUT2D eigenvalue weighted by molar-refractivity contribution is 0.397. The van der Waals surface area contributed by atoms with Crippen molar-refractivity contribution in [1.29, 1.82) is 0 Å². The number of hydrogen-bond donors (Lipinski definition) is 0. The smallest absolute Gasteiger partial charge is 0.0988 e. The molecule has 0 spiro atoms. The number of benzene rings is 5. The van der Waals surface area contributed by atoms with Gasteiger partial charge in [-0.1, -0.05) is 266 Å². The highest BCUT2D eigenvalue weighted by Gasteiger charge is 2.42. The highest BCUT2D eigenvalue weighted by molar-refractivity contribution is 7.19. The molecule has 8 aromatic rings. The molecule has 9 rings (SSSR count). The molecular weight excluding hydrogens is 969 g/mol. The first-order valence-electron chi connectivity index (χ1n) is 30.8. The number of nitrogens with zero attached hydrogens (tertiary/aromatic N) is 2. The fraction of sp³-hybridized carbons (Fsp3) is 0.452. The van der Waals surface area contributed by atoms with Crippen LogP contribution in [-0.4, -0.2) is 9.97 Å². The van der Waals surface area contributed by atoms with Crippen LogP contribution in [0.3, 0.4) is 0 Å². The van der Waals surface area contributed by atoms with Crippen LogP contribution in [0.2, 0.25) is 0 Å². The summed E-state index contributed by atoms with van der Waals surface area (Å²) in [6.07, 6.45) is 34.3. The largest absolute Gasteiger partial charge is 0.243 e. The molecule has 3 heterocycles. The summed E-state index contributed by atoms with van der Waals surface area (Å²) < 4.78 is 0. The van der Waals surface area contributed by atoms with Crippen LogP contribution < -0.4 is 0 Å². The van der Waals surface area contributed by atoms with Gasteiger partial charge < -0.3 is 0 Å². The third-order valence-electron chi connectivity index (χ3n) is 16.9. The number of hydrogen-bond acceptors (Lipinski definition) is 4. The second-order valence-electron chi connectivity index (χ2n) is 23.0. The first-order valence-corrected chi connectivity index (χ1v) is 32.4. The van der Waals surface area contributed by atoms with Gasteiger partial charge in [-0.2, -0.15) is 0 Å². The highest BCUT2D eigenvalue weighted by atomic mass is 32.1. The summed E-state index contributed by atoms with van der Waals surface area (Å²) >= 11 is 3.75. The van der Waals surface area contributed by atoms with E-state index in [4.69, 9.17) is 9.97 Å². The van der Waals surface area contributed by atoms with E-state index in [0.29, 0.717) is 0 Å². The molecule has 1 aliphatic rings. The molecule has 0 atom stereocenters. The zero-order valence-electron chi connectivity index (χ0n) is 48.1. The van der Waals surface area contributed by atoms with Gasteiger partial charge in [0.1, 0.15) is 0 Å². The van der Waals surface area contributed by atoms with E-state index in [-0.39, 0.29) is 5.41 Å². The van der Waals surface area contributed by atoms with Crippen molar-refractivity contribution >= 4 is 33.7 Å². The number of thiophene rings is 2. The van der Waals surface area contributed by atoms with Gasteiger partial charge in [-0.25, -0.2) is 9.97 Å². The Balaban J connectivity index is 1.07. The van der Waals surface area contributed by atoms with Gasteiger partial charge in [0.15, 0.2) is 0 Å². The predicted octanol–water partition coefficient (Wildman–Crippen LogP) is 23.5. The molecule has 0 saturated heterocycles. The Morgan fingerprint density at radius 2 is 0.753 bits per heavy atom. The average molecular weight is 1060 g/mol. The summed E-state index contributed by atoms with van der Waals surface area (Å²) in [6.45, 7) is 13.7. The number of aromatic nitrogens is 2. The standard InChI is InChI=1S/C73H90N2S2/c1-7-11-13-15-17-19-21-23-25-27-49-73(50-28-26-24-22-20-18-16-14-12-8-2)64-51-53(5)31-42-60(64)61-43-41-59(52-65(61)73)66-47-48-68(77-66)63-45-44-62(67-46-32-54(6)76-67)71-72(63)75-70(58-39-35-56(30-10-4)36-40-58)69(74-71)57-37-33-55(29-9-3)34-38-57/h31-48,51-52H,7-30,49-50H2,1-6H3. The topological polar surface area (TPSA) is 25.8 Å². The Bertz CT molecular complexity index is 3090. The van der Waals surface area contributed by atoms with Crippen molar-refractivity contribution in [2.45, 2.75) is 214 Å². The lowest BCUT2D eigenvalue weighted by Gasteiger charge is -2.33. The van der Waals surface area contributed by atoms with Gasteiger partial charge in [0.25, 0.3) is 0 Å². The molecule has 0 saturated carbocycles. The summed E-state index contributed by atoms with van der Waals surface area (Å²) in [7, 11) is 0. The number of rotatable bonds is 31. The van der Waals surface area contributed by atoms with Crippen molar-refractivity contribution in [2.24, 2.45) is 0 Å². The van der Waals surface area contributed by atoms with E-state index >= 15 is 0 Å². The Kier molecular flexibility index (Phi) is 20.7. The minimum Gasteiger partial charge on any atom is -0.243 e. The molecule has 0 aliphatic heterocycles. The van der Waals surface area contributed by atoms with Gasteiger partial charge >= 0.3 is 0 Å². The van der Waals surface area contributed by atoms with Crippen LogP contribution in [0.15, 0.2) is 121 Å². The lowest BCUT2D eigenvalue weighted by atomic mass is 9.70. The normalized spacial score (nSPS) is 12.7. The molecule has 77 heavy (non-hydrogen) atoms. The third-order valence-corrected chi connectivity index (χ3v) is 19.1. The summed E-state index contributed by atoms with van der Waals surface area (Å²) in [5.41, 5.74) is 19.9. The van der Waals surface area contributed by atoms with Gasteiger partial charge in [0.05, 0.1) is 22.4 Å². The number of aryl methyl sites for hydroxylation is 4. The summed E-state index contributed by atoms with van der Waals surface area (Å²) in [5, 5.41) is 0. The highest BCUT2D eigenvalue weighted by Crippen LogP contribution is 2.56. The van der Waals surface area contributed by atoms with E-state index in [0.717, 1.165) is 70.4 Å². The van der Waals surface area contributed by atoms with E-state index in [9.17, 15) is 0 Å². The maximum absolute atomic E-state index is 5.79. The molecule has 2 nitrogen and oxygen atoms in total. The van der Waals surface area contributed by atoms with E-state index in [1.54, 1.807) is 11.1 Å². The van der Waals surface area contributed by atoms with Crippen LogP contribution in [-0.2, 0) is 18.3 Å². The van der Waals surface area contributed by atoms with Crippen LogP contribution in [0.4, 0.5) is 0 Å². The Morgan fingerprint density at radius 3 is 1.22 bits per heavy atom. The molecule has 0 unspecified atom stereocenters. The minimum atomic E-state index is 0.0357. The fourth-order valence-electron chi connectivity index (χ4n) is 12.6. The molecule has 0 bridgehead atoms. The van der Waals surface area contributed by atoms with Crippen molar-refractivity contribution in [3.05, 3.63) is 154 Å². The van der Waals surface area contributed by atoms with Crippen molar-refractivity contribution in [3.63, 3.8) is 0 Å². The van der Waals surface area contributed by atoms with Gasteiger partial charge in [0, 0.05) is 47.2 Å². The number of fused-ring (bicyclic) bond motifs is 4. The summed E-state index contributed by atoms with van der Waals surface area (Å²) in [4.78, 5) is 16.6. The molecular formula is C73H90N2S2. The quantitative estimate of drug-likeness (QED) is 0.0405. The zero-order valence-corrected chi connectivity index (χ0v) is 49.8. The molecule has 4 heteroatoms. The van der Waals surface area contributed by atoms with Crippen molar-refractivity contribution < 1.29 is 0 Å². The molecule has 1 aliphatic carbocycles. The molecule has 3 aromatic heterocycles. The maximum atomic E-state index is 5.79. The average Bonchev–Trinajstić information content (AvgIpc) is 4.38. The van der Waals surface area contributed by atoms with Gasteiger partial charge in [-0.05, 0) is 109 Å². The Labute approximate surface area is 473 Å². The number of unbranched alkanes of at least 4 members (excludes halogenated alkanes) is 18. The third kappa shape index (κ3) is 13.8.